The molecule has 186 valence electrons. The van der Waals surface area contributed by atoms with Crippen LogP contribution in [-0.2, 0) is 17.8 Å². The van der Waals surface area contributed by atoms with Gasteiger partial charge in [-0.05, 0) is 56.9 Å². The van der Waals surface area contributed by atoms with Crippen LogP contribution >= 0.6 is 0 Å². The van der Waals surface area contributed by atoms with Crippen LogP contribution in [0, 0.1) is 13.8 Å². The van der Waals surface area contributed by atoms with Gasteiger partial charge in [0, 0.05) is 26.2 Å². The number of nitrogens with zero attached hydrogens (tertiary/aromatic N) is 5. The summed E-state index contributed by atoms with van der Waals surface area (Å²) in [5.41, 5.74) is 5.32. The highest BCUT2D eigenvalue weighted by Gasteiger charge is 2.23. The Morgan fingerprint density at radius 1 is 1.03 bits per heavy atom. The van der Waals surface area contributed by atoms with Gasteiger partial charge in [0.15, 0.2) is 0 Å². The smallest absolute Gasteiger partial charge is 0.278 e. The van der Waals surface area contributed by atoms with E-state index in [1.54, 1.807) is 11.6 Å². The number of carbonyl (C=O) groups is 1. The Bertz CT molecular complexity index is 1460. The number of carbonyl (C=O) groups excluding carboxylic acids is 1. The van der Waals surface area contributed by atoms with Gasteiger partial charge >= 0.3 is 0 Å². The van der Waals surface area contributed by atoms with E-state index in [1.165, 1.54) is 15.8 Å². The van der Waals surface area contributed by atoms with E-state index >= 15 is 0 Å². The number of aryl methyl sites for hydroxylation is 2. The fraction of sp³-hybridized carbons (Fsp3) is 0.357. The van der Waals surface area contributed by atoms with Gasteiger partial charge < -0.3 is 5.32 Å². The number of para-hydroxylation sites is 1. The van der Waals surface area contributed by atoms with Crippen LogP contribution in [0.2, 0.25) is 0 Å². The minimum Gasteiger partial charge on any atom is -0.354 e. The summed E-state index contributed by atoms with van der Waals surface area (Å²) in [6, 6.07) is 17.6. The van der Waals surface area contributed by atoms with Crippen LogP contribution < -0.4 is 10.9 Å². The molecule has 8 nitrogen and oxygen atoms in total. The van der Waals surface area contributed by atoms with Crippen molar-refractivity contribution in [1.82, 2.24) is 29.8 Å². The number of fused-ring (bicyclic) bond motifs is 2. The van der Waals surface area contributed by atoms with E-state index < -0.39 is 6.04 Å². The summed E-state index contributed by atoms with van der Waals surface area (Å²) in [7, 11) is 0. The van der Waals surface area contributed by atoms with Crippen molar-refractivity contribution in [3.8, 4) is 5.69 Å². The molecule has 0 saturated carbocycles. The number of hydrogen-bond acceptors (Lipinski definition) is 5. The van der Waals surface area contributed by atoms with Crippen LogP contribution in [0.5, 0.6) is 0 Å². The highest BCUT2D eigenvalue weighted by atomic mass is 16.2. The van der Waals surface area contributed by atoms with E-state index in [0.717, 1.165) is 43.9 Å². The predicted molar refractivity (Wildman–Crippen MR) is 140 cm³/mol. The first-order valence-corrected chi connectivity index (χ1v) is 12.5. The molecule has 2 aromatic heterocycles. The molecule has 0 saturated heterocycles. The Morgan fingerprint density at radius 3 is 2.53 bits per heavy atom. The second kappa shape index (κ2) is 10.1. The number of amides is 1. The first-order chi connectivity index (χ1) is 17.4. The molecule has 36 heavy (non-hydrogen) atoms. The molecule has 0 spiro atoms. The van der Waals surface area contributed by atoms with Crippen molar-refractivity contribution in [2.75, 3.05) is 19.6 Å². The molecular formula is C28H32N6O2. The lowest BCUT2D eigenvalue weighted by atomic mass is 10.00. The Hall–Kier alpha value is -3.78. The average Bonchev–Trinajstić information content (AvgIpc) is 3.26. The monoisotopic (exact) mass is 484 g/mol. The summed E-state index contributed by atoms with van der Waals surface area (Å²) in [4.78, 5) is 28.7. The molecule has 0 fully saturated rings. The summed E-state index contributed by atoms with van der Waals surface area (Å²) < 4.78 is 3.05. The zero-order valence-corrected chi connectivity index (χ0v) is 21.1. The Labute approximate surface area is 210 Å². The number of aromatic nitrogens is 4. The normalized spacial score (nSPS) is 14.5. The Balaban J connectivity index is 1.25. The quantitative estimate of drug-likeness (QED) is 0.407. The first kappa shape index (κ1) is 23.9. The molecule has 0 bridgehead atoms. The number of nitrogens with one attached hydrogen (secondary N) is 1. The van der Waals surface area contributed by atoms with Gasteiger partial charge in [0.25, 0.3) is 5.56 Å². The van der Waals surface area contributed by atoms with Gasteiger partial charge in [0.05, 0.1) is 22.5 Å². The molecule has 1 atom stereocenters. The van der Waals surface area contributed by atoms with Crippen LogP contribution in [0.25, 0.3) is 16.6 Å². The van der Waals surface area contributed by atoms with Crippen LogP contribution in [0.4, 0.5) is 0 Å². The van der Waals surface area contributed by atoms with Gasteiger partial charge in [-0.25, -0.2) is 9.36 Å². The van der Waals surface area contributed by atoms with E-state index in [9.17, 15) is 9.59 Å². The van der Waals surface area contributed by atoms with Crippen molar-refractivity contribution >= 4 is 16.8 Å². The molecule has 1 N–H and O–H groups in total. The fourth-order valence-electron chi connectivity index (χ4n) is 4.98. The molecule has 1 aliphatic heterocycles. The Kier molecular flexibility index (Phi) is 6.69. The van der Waals surface area contributed by atoms with Crippen LogP contribution in [0.3, 0.4) is 0 Å². The molecular weight excluding hydrogens is 452 g/mol. The third kappa shape index (κ3) is 4.56. The van der Waals surface area contributed by atoms with Gasteiger partial charge in [0.1, 0.15) is 11.6 Å². The van der Waals surface area contributed by atoms with Crippen LogP contribution in [-0.4, -0.2) is 50.0 Å². The third-order valence-corrected chi connectivity index (χ3v) is 7.05. The molecule has 1 amide bonds. The van der Waals surface area contributed by atoms with Gasteiger partial charge in [-0.3, -0.25) is 14.5 Å². The summed E-state index contributed by atoms with van der Waals surface area (Å²) in [5.74, 6) is -0.208. The molecule has 0 radical (unpaired) electrons. The number of rotatable bonds is 7. The summed E-state index contributed by atoms with van der Waals surface area (Å²) in [6.07, 6.45) is 1.92. The molecule has 8 heteroatoms. The lowest BCUT2D eigenvalue weighted by Crippen LogP contribution is -2.39. The van der Waals surface area contributed by atoms with Crippen molar-refractivity contribution in [2.24, 2.45) is 0 Å². The molecule has 0 aliphatic carbocycles. The fourth-order valence-corrected chi connectivity index (χ4v) is 4.98. The van der Waals surface area contributed by atoms with E-state index in [1.807, 2.05) is 44.2 Å². The lowest BCUT2D eigenvalue weighted by molar-refractivity contribution is -0.124. The first-order valence-electron chi connectivity index (χ1n) is 12.5. The average molecular weight is 485 g/mol. The predicted octanol–water partition coefficient (Wildman–Crippen LogP) is 3.32. The molecule has 0 unspecified atom stereocenters. The number of benzene rings is 2. The van der Waals surface area contributed by atoms with Crippen LogP contribution in [0.1, 0.15) is 41.9 Å². The summed E-state index contributed by atoms with van der Waals surface area (Å²) >= 11 is 0. The van der Waals surface area contributed by atoms with E-state index in [0.29, 0.717) is 23.1 Å². The minimum atomic E-state index is -0.720. The zero-order valence-electron chi connectivity index (χ0n) is 21.1. The van der Waals surface area contributed by atoms with Gasteiger partial charge in [-0.1, -0.05) is 42.5 Å². The summed E-state index contributed by atoms with van der Waals surface area (Å²) in [5, 5.41) is 12.6. The highest BCUT2D eigenvalue weighted by molar-refractivity contribution is 5.84. The molecule has 3 heterocycles. The maximum Gasteiger partial charge on any atom is 0.278 e. The highest BCUT2D eigenvalue weighted by Crippen LogP contribution is 2.21. The van der Waals surface area contributed by atoms with Crippen molar-refractivity contribution in [3.05, 3.63) is 87.5 Å². The maximum absolute atomic E-state index is 13.4. The topological polar surface area (TPSA) is 85.0 Å². The van der Waals surface area contributed by atoms with Gasteiger partial charge in [-0.15, -0.1) is 0 Å². The van der Waals surface area contributed by atoms with E-state index in [-0.39, 0.29) is 11.5 Å². The van der Waals surface area contributed by atoms with Crippen molar-refractivity contribution in [3.63, 3.8) is 0 Å². The van der Waals surface area contributed by atoms with Gasteiger partial charge in [0.2, 0.25) is 5.91 Å². The standard InChI is InChI=1S/C28H32N6O2/c1-19-26-25(20(2)33(31-26)24-12-5-4-6-13-24)28(36)34(30-19)21(3)27(35)29-15-9-16-32-17-14-22-10-7-8-11-23(22)18-32/h4-8,10-13,21H,9,14-18H2,1-3H3,(H,29,35)/t21-/m0/s1. The molecule has 4 aromatic rings. The largest absolute Gasteiger partial charge is 0.354 e. The molecule has 5 rings (SSSR count). The molecule has 2 aromatic carbocycles. The van der Waals surface area contributed by atoms with Crippen molar-refractivity contribution < 1.29 is 4.79 Å². The summed E-state index contributed by atoms with van der Waals surface area (Å²) in [6.45, 7) is 8.88. The molecule has 1 aliphatic rings. The van der Waals surface area contributed by atoms with Gasteiger partial charge in [-0.2, -0.15) is 10.2 Å². The second-order valence-electron chi connectivity index (χ2n) is 9.51. The van der Waals surface area contributed by atoms with Crippen molar-refractivity contribution in [2.45, 2.75) is 46.2 Å². The van der Waals surface area contributed by atoms with Crippen molar-refractivity contribution in [1.29, 1.82) is 0 Å². The SMILES string of the molecule is Cc1nn([C@@H](C)C(=O)NCCCN2CCc3ccccc3C2)c(=O)c2c(C)n(-c3ccccc3)nc12. The zero-order chi connectivity index (χ0) is 25.2. The van der Waals surface area contributed by atoms with E-state index in [2.05, 4.69) is 44.7 Å². The minimum absolute atomic E-state index is 0.208. The van der Waals surface area contributed by atoms with Crippen LogP contribution in [0.15, 0.2) is 59.4 Å². The second-order valence-corrected chi connectivity index (χ2v) is 9.51. The number of hydrogen-bond donors (Lipinski definition) is 1. The third-order valence-electron chi connectivity index (χ3n) is 7.05. The van der Waals surface area contributed by atoms with E-state index in [4.69, 9.17) is 0 Å². The Morgan fingerprint density at radius 2 is 1.75 bits per heavy atom. The maximum atomic E-state index is 13.4. The lowest BCUT2D eigenvalue weighted by Gasteiger charge is -2.28.